The van der Waals surface area contributed by atoms with Crippen molar-refractivity contribution in [2.24, 2.45) is 5.73 Å². The zero-order valence-corrected chi connectivity index (χ0v) is 12.3. The second-order valence-corrected chi connectivity index (χ2v) is 6.17. The maximum atomic E-state index is 6.26. The molecule has 2 N–H and O–H groups in total. The van der Waals surface area contributed by atoms with Crippen LogP contribution in [0.4, 0.5) is 0 Å². The minimum absolute atomic E-state index is 0.0286. The Bertz CT molecular complexity index is 534. The first-order chi connectivity index (χ1) is 9.83. The topological polar surface area (TPSA) is 48.1 Å². The summed E-state index contributed by atoms with van der Waals surface area (Å²) >= 11 is 1.77. The third-order valence-corrected chi connectivity index (χ3v) is 4.85. The zero-order chi connectivity index (χ0) is 13.8. The van der Waals surface area contributed by atoms with E-state index < -0.39 is 0 Å². The zero-order valence-electron chi connectivity index (χ0n) is 11.5. The SMILES string of the molecule is NC(Cc1csc(C2CCOCC2)n1)c1ccccc1. The van der Waals surface area contributed by atoms with Crippen LogP contribution in [-0.4, -0.2) is 18.2 Å². The van der Waals surface area contributed by atoms with Gasteiger partial charge in [-0.1, -0.05) is 30.3 Å². The van der Waals surface area contributed by atoms with E-state index in [4.69, 9.17) is 15.5 Å². The molecule has 2 heterocycles. The second kappa shape index (κ2) is 6.48. The molecular formula is C16H20N2OS. The molecule has 0 radical (unpaired) electrons. The molecule has 1 aromatic heterocycles. The van der Waals surface area contributed by atoms with Crippen LogP contribution in [0.3, 0.4) is 0 Å². The lowest BCUT2D eigenvalue weighted by Gasteiger charge is -2.19. The van der Waals surface area contributed by atoms with E-state index in [9.17, 15) is 0 Å². The van der Waals surface area contributed by atoms with Crippen LogP contribution >= 0.6 is 11.3 Å². The van der Waals surface area contributed by atoms with E-state index in [2.05, 4.69) is 17.5 Å². The number of rotatable bonds is 4. The number of benzene rings is 1. The lowest BCUT2D eigenvalue weighted by atomic mass is 10.0. The van der Waals surface area contributed by atoms with Crippen molar-refractivity contribution in [3.05, 3.63) is 52.0 Å². The summed E-state index contributed by atoms with van der Waals surface area (Å²) in [5.74, 6) is 0.579. The summed E-state index contributed by atoms with van der Waals surface area (Å²) in [6.45, 7) is 1.73. The third kappa shape index (κ3) is 3.26. The lowest BCUT2D eigenvalue weighted by molar-refractivity contribution is 0.0852. The van der Waals surface area contributed by atoms with Crippen LogP contribution in [0.2, 0.25) is 0 Å². The monoisotopic (exact) mass is 288 g/mol. The van der Waals surface area contributed by atoms with Gasteiger partial charge in [0.2, 0.25) is 0 Å². The summed E-state index contributed by atoms with van der Waals surface area (Å²) in [5, 5.41) is 3.41. The first-order valence-corrected chi connectivity index (χ1v) is 8.03. The van der Waals surface area contributed by atoms with Gasteiger partial charge in [-0.05, 0) is 18.4 Å². The van der Waals surface area contributed by atoms with Crippen LogP contribution < -0.4 is 5.73 Å². The Kier molecular flexibility index (Phi) is 4.45. The normalized spacial score (nSPS) is 18.1. The Balaban J connectivity index is 1.65. The Morgan fingerprint density at radius 3 is 2.75 bits per heavy atom. The predicted molar refractivity (Wildman–Crippen MR) is 82.0 cm³/mol. The van der Waals surface area contributed by atoms with Crippen molar-refractivity contribution in [1.82, 2.24) is 4.98 Å². The second-order valence-electron chi connectivity index (χ2n) is 5.29. The van der Waals surface area contributed by atoms with Gasteiger partial charge < -0.3 is 10.5 Å². The van der Waals surface area contributed by atoms with Gasteiger partial charge >= 0.3 is 0 Å². The fraction of sp³-hybridized carbons (Fsp3) is 0.438. The quantitative estimate of drug-likeness (QED) is 0.939. The number of nitrogens with two attached hydrogens (primary N) is 1. The fourth-order valence-electron chi connectivity index (χ4n) is 2.59. The molecule has 0 spiro atoms. The van der Waals surface area contributed by atoms with E-state index in [1.165, 1.54) is 10.6 Å². The van der Waals surface area contributed by atoms with Crippen LogP contribution in [0.1, 0.15) is 41.1 Å². The highest BCUT2D eigenvalue weighted by Crippen LogP contribution is 2.30. The molecule has 0 saturated carbocycles. The summed E-state index contributed by atoms with van der Waals surface area (Å²) in [5.41, 5.74) is 8.55. The van der Waals surface area contributed by atoms with Crippen LogP contribution in [0.15, 0.2) is 35.7 Å². The molecule has 1 aliphatic rings. The van der Waals surface area contributed by atoms with Crippen molar-refractivity contribution >= 4 is 11.3 Å². The summed E-state index contributed by atoms with van der Waals surface area (Å²) in [7, 11) is 0. The van der Waals surface area contributed by atoms with Crippen molar-refractivity contribution in [2.45, 2.75) is 31.2 Å². The Labute approximate surface area is 123 Å². The molecule has 3 nitrogen and oxygen atoms in total. The van der Waals surface area contributed by atoms with Crippen molar-refractivity contribution in [3.8, 4) is 0 Å². The highest BCUT2D eigenvalue weighted by atomic mass is 32.1. The van der Waals surface area contributed by atoms with Crippen LogP contribution in [-0.2, 0) is 11.2 Å². The number of hydrogen-bond donors (Lipinski definition) is 1. The van der Waals surface area contributed by atoms with Crippen LogP contribution in [0.25, 0.3) is 0 Å². The largest absolute Gasteiger partial charge is 0.381 e. The Hall–Kier alpha value is -1.23. The van der Waals surface area contributed by atoms with Crippen molar-refractivity contribution < 1.29 is 4.74 Å². The molecule has 2 aromatic rings. The van der Waals surface area contributed by atoms with E-state index in [0.29, 0.717) is 5.92 Å². The molecule has 1 saturated heterocycles. The predicted octanol–water partition coefficient (Wildman–Crippen LogP) is 3.28. The van der Waals surface area contributed by atoms with Gasteiger partial charge in [0.05, 0.1) is 10.7 Å². The molecule has 1 atom stereocenters. The number of hydrogen-bond acceptors (Lipinski definition) is 4. The molecule has 4 heteroatoms. The maximum Gasteiger partial charge on any atom is 0.0960 e. The maximum absolute atomic E-state index is 6.26. The van der Waals surface area contributed by atoms with Gasteiger partial charge in [0.25, 0.3) is 0 Å². The Morgan fingerprint density at radius 2 is 2.00 bits per heavy atom. The van der Waals surface area contributed by atoms with Gasteiger partial charge in [-0.25, -0.2) is 4.98 Å². The lowest BCUT2D eigenvalue weighted by Crippen LogP contribution is -2.15. The minimum atomic E-state index is 0.0286. The molecular weight excluding hydrogens is 268 g/mol. The van der Waals surface area contributed by atoms with Crippen LogP contribution in [0.5, 0.6) is 0 Å². The van der Waals surface area contributed by atoms with Gasteiger partial charge in [0.1, 0.15) is 0 Å². The minimum Gasteiger partial charge on any atom is -0.381 e. The standard InChI is InChI=1S/C16H20N2OS/c17-15(12-4-2-1-3-5-12)10-14-11-20-16(18-14)13-6-8-19-9-7-13/h1-5,11,13,15H,6-10,17H2. The first-order valence-electron chi connectivity index (χ1n) is 7.15. The summed E-state index contributed by atoms with van der Waals surface area (Å²) < 4.78 is 5.41. The smallest absolute Gasteiger partial charge is 0.0960 e. The fourth-order valence-corrected chi connectivity index (χ4v) is 3.60. The van der Waals surface area contributed by atoms with Gasteiger partial charge in [-0.15, -0.1) is 11.3 Å². The molecule has 20 heavy (non-hydrogen) atoms. The number of aromatic nitrogens is 1. The van der Waals surface area contributed by atoms with E-state index in [1.807, 2.05) is 18.2 Å². The number of ether oxygens (including phenoxy) is 1. The van der Waals surface area contributed by atoms with Crippen molar-refractivity contribution in [3.63, 3.8) is 0 Å². The van der Waals surface area contributed by atoms with Crippen molar-refractivity contribution in [1.29, 1.82) is 0 Å². The molecule has 3 rings (SSSR count). The van der Waals surface area contributed by atoms with E-state index in [-0.39, 0.29) is 6.04 Å². The molecule has 0 amide bonds. The highest BCUT2D eigenvalue weighted by molar-refractivity contribution is 7.09. The number of thiazole rings is 1. The van der Waals surface area contributed by atoms with E-state index in [0.717, 1.165) is 38.2 Å². The van der Waals surface area contributed by atoms with E-state index in [1.54, 1.807) is 11.3 Å². The van der Waals surface area contributed by atoms with Crippen LogP contribution in [0, 0.1) is 0 Å². The average molecular weight is 288 g/mol. The molecule has 0 bridgehead atoms. The van der Waals surface area contributed by atoms with E-state index >= 15 is 0 Å². The molecule has 1 aliphatic heterocycles. The molecule has 1 aromatic carbocycles. The molecule has 1 unspecified atom stereocenters. The summed E-state index contributed by atoms with van der Waals surface area (Å²) in [6.07, 6.45) is 3.00. The molecule has 0 aliphatic carbocycles. The summed E-state index contributed by atoms with van der Waals surface area (Å²) in [4.78, 5) is 4.78. The highest BCUT2D eigenvalue weighted by Gasteiger charge is 2.19. The molecule has 106 valence electrons. The average Bonchev–Trinajstić information content (AvgIpc) is 2.97. The van der Waals surface area contributed by atoms with Crippen molar-refractivity contribution in [2.75, 3.05) is 13.2 Å². The summed E-state index contributed by atoms with van der Waals surface area (Å²) in [6, 6.07) is 10.3. The van der Waals surface area contributed by atoms with Gasteiger partial charge in [0, 0.05) is 37.0 Å². The van der Waals surface area contributed by atoms with Gasteiger partial charge in [-0.2, -0.15) is 0 Å². The third-order valence-electron chi connectivity index (χ3n) is 3.80. The Morgan fingerprint density at radius 1 is 1.25 bits per heavy atom. The number of nitrogens with zero attached hydrogens (tertiary/aromatic N) is 1. The van der Waals surface area contributed by atoms with Gasteiger partial charge in [0.15, 0.2) is 0 Å². The molecule has 1 fully saturated rings. The van der Waals surface area contributed by atoms with Gasteiger partial charge in [-0.3, -0.25) is 0 Å². The first kappa shape index (κ1) is 13.7.